The average molecular weight is 387 g/mol. The minimum Gasteiger partial charge on any atom is -0.307 e. The number of nitrogens with zero attached hydrogens (tertiary/aromatic N) is 1. The summed E-state index contributed by atoms with van der Waals surface area (Å²) in [5.41, 5.74) is 1.79. The van der Waals surface area contributed by atoms with Gasteiger partial charge in [0.2, 0.25) is 0 Å². The van der Waals surface area contributed by atoms with Gasteiger partial charge in [-0.1, -0.05) is 87.4 Å². The van der Waals surface area contributed by atoms with Crippen LogP contribution < -0.4 is 0 Å². The monoisotopic (exact) mass is 387 g/mol. The third kappa shape index (κ3) is 7.06. The minimum absolute atomic E-state index is 0.407. The lowest BCUT2D eigenvalue weighted by Crippen LogP contribution is -2.07. The Labute approximate surface area is 163 Å². The van der Waals surface area contributed by atoms with Crippen molar-refractivity contribution in [3.63, 3.8) is 0 Å². The number of benzene rings is 2. The zero-order valence-corrected chi connectivity index (χ0v) is 17.2. The Kier molecular flexibility index (Phi) is 9.47. The van der Waals surface area contributed by atoms with Crippen molar-refractivity contribution < 1.29 is 13.6 Å². The molecule has 0 fully saturated rings. The molecule has 0 heterocycles. The van der Waals surface area contributed by atoms with Crippen LogP contribution in [0.1, 0.15) is 56.4 Å². The second-order valence-corrected chi connectivity index (χ2v) is 8.47. The van der Waals surface area contributed by atoms with Crippen molar-refractivity contribution in [2.45, 2.75) is 45.3 Å². The van der Waals surface area contributed by atoms with E-state index in [1.807, 2.05) is 60.7 Å². The van der Waals surface area contributed by atoms with E-state index in [2.05, 4.69) is 18.8 Å². The highest BCUT2D eigenvalue weighted by molar-refractivity contribution is 7.54. The van der Waals surface area contributed by atoms with E-state index in [4.69, 9.17) is 9.05 Å². The molecule has 0 saturated carbocycles. The molecule has 0 N–H and O–H groups in total. The van der Waals surface area contributed by atoms with Crippen LogP contribution in [0.2, 0.25) is 0 Å². The molecule has 0 saturated heterocycles. The predicted molar refractivity (Wildman–Crippen MR) is 113 cm³/mol. The maximum atomic E-state index is 13.7. The van der Waals surface area contributed by atoms with Gasteiger partial charge in [-0.15, -0.1) is 0 Å². The molecule has 0 aliphatic carbocycles. The van der Waals surface area contributed by atoms with Crippen molar-refractivity contribution >= 4 is 13.8 Å². The second kappa shape index (κ2) is 11.9. The quantitative estimate of drug-likeness (QED) is 0.233. The molecule has 0 radical (unpaired) electrons. The van der Waals surface area contributed by atoms with Gasteiger partial charge in [0.15, 0.2) is 5.78 Å². The van der Waals surface area contributed by atoms with Gasteiger partial charge < -0.3 is 9.05 Å². The molecule has 2 aromatic carbocycles. The van der Waals surface area contributed by atoms with E-state index in [-0.39, 0.29) is 0 Å². The number of hydrogen-bond donors (Lipinski definition) is 0. The van der Waals surface area contributed by atoms with E-state index < -0.39 is 13.4 Å². The molecule has 2 aromatic rings. The molecular formula is C22H30NO3P. The van der Waals surface area contributed by atoms with Crippen LogP contribution in [0.4, 0.5) is 0 Å². The van der Waals surface area contributed by atoms with E-state index in [0.29, 0.717) is 13.2 Å². The van der Waals surface area contributed by atoms with Gasteiger partial charge in [0.1, 0.15) is 0 Å². The summed E-state index contributed by atoms with van der Waals surface area (Å²) in [6, 6.07) is 19.4. The van der Waals surface area contributed by atoms with Crippen LogP contribution in [0.3, 0.4) is 0 Å². The van der Waals surface area contributed by atoms with Crippen LogP contribution in [0, 0.1) is 0 Å². The first kappa shape index (κ1) is 21.6. The molecule has 0 amide bonds. The summed E-state index contributed by atoms with van der Waals surface area (Å²) in [6.07, 6.45) is 5.36. The summed E-state index contributed by atoms with van der Waals surface area (Å²) >= 11 is 0. The molecule has 1 atom stereocenters. The molecule has 0 aromatic heterocycles. The lowest BCUT2D eigenvalue weighted by Gasteiger charge is -2.25. The third-order valence-electron chi connectivity index (χ3n) is 4.10. The van der Waals surface area contributed by atoms with Gasteiger partial charge in [0.25, 0.3) is 0 Å². The first-order valence-corrected chi connectivity index (χ1v) is 11.3. The predicted octanol–water partition coefficient (Wildman–Crippen LogP) is 6.63. The van der Waals surface area contributed by atoms with E-state index in [0.717, 1.165) is 36.8 Å². The minimum atomic E-state index is -3.45. The van der Waals surface area contributed by atoms with Crippen LogP contribution in [0.5, 0.6) is 0 Å². The summed E-state index contributed by atoms with van der Waals surface area (Å²) in [5, 5.41) is 0. The van der Waals surface area contributed by atoms with Crippen molar-refractivity contribution in [1.29, 1.82) is 0 Å². The maximum absolute atomic E-state index is 13.7. The molecule has 1 unspecified atom stereocenters. The van der Waals surface area contributed by atoms with Crippen molar-refractivity contribution in [2.24, 2.45) is 4.99 Å². The first-order chi connectivity index (χ1) is 13.2. The molecule has 5 heteroatoms. The lowest BCUT2D eigenvalue weighted by atomic mass is 10.2. The summed E-state index contributed by atoms with van der Waals surface area (Å²) in [6.45, 7) is 4.97. The normalized spacial score (nSPS) is 13.1. The van der Waals surface area contributed by atoms with Gasteiger partial charge in [0, 0.05) is 6.21 Å². The van der Waals surface area contributed by atoms with Crippen LogP contribution in [0.25, 0.3) is 0 Å². The van der Waals surface area contributed by atoms with Gasteiger partial charge >= 0.3 is 7.60 Å². The Balaban J connectivity index is 2.33. The first-order valence-electron chi connectivity index (χ1n) is 9.71. The zero-order valence-electron chi connectivity index (χ0n) is 16.3. The molecule has 0 spiro atoms. The largest absolute Gasteiger partial charge is 0.359 e. The smallest absolute Gasteiger partial charge is 0.307 e. The van der Waals surface area contributed by atoms with Crippen LogP contribution in [-0.2, 0) is 13.6 Å². The van der Waals surface area contributed by atoms with Gasteiger partial charge in [-0.05, 0) is 24.0 Å². The summed E-state index contributed by atoms with van der Waals surface area (Å²) < 4.78 is 25.4. The van der Waals surface area contributed by atoms with Gasteiger partial charge in [-0.25, -0.2) is 0 Å². The highest BCUT2D eigenvalue weighted by Crippen LogP contribution is 2.61. The Bertz CT molecular complexity index is 705. The Morgan fingerprint density at radius 3 is 1.93 bits per heavy atom. The van der Waals surface area contributed by atoms with E-state index >= 15 is 0 Å². The Morgan fingerprint density at radius 2 is 1.41 bits per heavy atom. The number of hydrogen-bond acceptors (Lipinski definition) is 4. The van der Waals surface area contributed by atoms with Gasteiger partial charge in [-0.2, -0.15) is 0 Å². The lowest BCUT2D eigenvalue weighted by molar-refractivity contribution is 0.193. The molecule has 4 nitrogen and oxygen atoms in total. The van der Waals surface area contributed by atoms with E-state index in [9.17, 15) is 4.57 Å². The van der Waals surface area contributed by atoms with E-state index in [1.165, 1.54) is 0 Å². The molecule has 0 bridgehead atoms. The average Bonchev–Trinajstić information content (AvgIpc) is 2.70. The third-order valence-corrected chi connectivity index (χ3v) is 6.22. The van der Waals surface area contributed by atoms with Crippen molar-refractivity contribution in [2.75, 3.05) is 13.2 Å². The molecule has 2 rings (SSSR count). The van der Waals surface area contributed by atoms with Crippen LogP contribution in [0.15, 0.2) is 65.7 Å². The van der Waals surface area contributed by atoms with Crippen molar-refractivity contribution in [3.8, 4) is 0 Å². The number of rotatable bonds is 12. The topological polar surface area (TPSA) is 47.9 Å². The molecule has 146 valence electrons. The molecule has 0 aliphatic heterocycles. The zero-order chi connectivity index (χ0) is 19.4. The van der Waals surface area contributed by atoms with Crippen molar-refractivity contribution in [1.82, 2.24) is 0 Å². The van der Waals surface area contributed by atoms with Crippen LogP contribution in [-0.4, -0.2) is 19.4 Å². The SMILES string of the molecule is CCCCOP(=O)(OCCCC)C(/N=C/c1ccccc1)c1ccccc1. The summed E-state index contributed by atoms with van der Waals surface area (Å²) in [4.78, 5) is 4.66. The summed E-state index contributed by atoms with van der Waals surface area (Å²) in [7, 11) is -3.45. The highest BCUT2D eigenvalue weighted by Gasteiger charge is 2.37. The standard InChI is InChI=1S/C22H30NO3P/c1-3-5-17-25-27(24,26-18-6-4-2)22(21-15-11-8-12-16-21)23-19-20-13-9-7-10-14-20/h7-16,19,22H,3-6,17-18H2,1-2H3/b23-19+. The Morgan fingerprint density at radius 1 is 0.889 bits per heavy atom. The van der Waals surface area contributed by atoms with Crippen LogP contribution >= 0.6 is 7.60 Å². The fraction of sp³-hybridized carbons (Fsp3) is 0.409. The van der Waals surface area contributed by atoms with Crippen molar-refractivity contribution in [3.05, 3.63) is 71.8 Å². The second-order valence-electron chi connectivity index (χ2n) is 6.39. The maximum Gasteiger partial charge on any atom is 0.359 e. The molecular weight excluding hydrogens is 357 g/mol. The molecule has 0 aliphatic rings. The fourth-order valence-electron chi connectivity index (χ4n) is 2.52. The highest BCUT2D eigenvalue weighted by atomic mass is 31.2. The van der Waals surface area contributed by atoms with E-state index in [1.54, 1.807) is 6.21 Å². The van der Waals surface area contributed by atoms with Gasteiger partial charge in [0.05, 0.1) is 13.2 Å². The Hall–Kier alpha value is -1.74. The van der Waals surface area contributed by atoms with Gasteiger partial charge in [-0.3, -0.25) is 9.56 Å². The number of aliphatic imine (C=N–C) groups is 1. The summed E-state index contributed by atoms with van der Waals surface area (Å²) in [5.74, 6) is -0.674. The number of unbranched alkanes of at least 4 members (excludes halogenated alkanes) is 2. The molecule has 27 heavy (non-hydrogen) atoms. The fourth-order valence-corrected chi connectivity index (χ4v) is 4.41.